The summed E-state index contributed by atoms with van der Waals surface area (Å²) in [4.78, 5) is 11.9. The van der Waals surface area contributed by atoms with Crippen molar-refractivity contribution in [3.63, 3.8) is 0 Å². The van der Waals surface area contributed by atoms with E-state index in [2.05, 4.69) is 60.8 Å². The van der Waals surface area contributed by atoms with Crippen LogP contribution in [0.4, 0.5) is 0 Å². The van der Waals surface area contributed by atoms with Gasteiger partial charge in [-0.3, -0.25) is 4.79 Å². The van der Waals surface area contributed by atoms with Crippen molar-refractivity contribution in [3.8, 4) is 0 Å². The van der Waals surface area contributed by atoms with Gasteiger partial charge >= 0.3 is 0 Å². The van der Waals surface area contributed by atoms with Crippen molar-refractivity contribution < 1.29 is 9.90 Å². The number of unbranched alkanes of at least 4 members (excludes halogenated alkanes) is 6. The Morgan fingerprint density at radius 3 is 2.07 bits per heavy atom. The lowest BCUT2D eigenvalue weighted by atomic mass is 10.1. The summed E-state index contributed by atoms with van der Waals surface area (Å²) in [5.41, 5.74) is 1.82. The van der Waals surface area contributed by atoms with Gasteiger partial charge in [-0.25, -0.2) is 0 Å². The summed E-state index contributed by atoms with van der Waals surface area (Å²) in [5, 5.41) is 11.8. The lowest BCUT2D eigenvalue weighted by molar-refractivity contribution is -0.115. The van der Waals surface area contributed by atoms with Crippen LogP contribution in [0.5, 0.6) is 0 Å². The topological polar surface area (TPSA) is 59.2 Å². The number of ketones is 1. The maximum absolute atomic E-state index is 11.9. The van der Waals surface area contributed by atoms with Crippen molar-refractivity contribution in [1.82, 2.24) is 5.32 Å². The smallest absolute Gasteiger partial charge is 0.180 e. The summed E-state index contributed by atoms with van der Waals surface area (Å²) in [6, 6.07) is 0. The van der Waals surface area contributed by atoms with Crippen LogP contribution in [0.2, 0.25) is 0 Å². The van der Waals surface area contributed by atoms with Crippen molar-refractivity contribution in [3.05, 3.63) is 60.0 Å². The predicted octanol–water partition coefficient (Wildman–Crippen LogP) is 7.07. The summed E-state index contributed by atoms with van der Waals surface area (Å²) in [7, 11) is 0. The first-order chi connectivity index (χ1) is 14.8. The van der Waals surface area contributed by atoms with Crippen LogP contribution in [0.3, 0.4) is 0 Å². The van der Waals surface area contributed by atoms with Crippen LogP contribution >= 0.6 is 0 Å². The van der Waals surface area contributed by atoms with Gasteiger partial charge in [0.2, 0.25) is 0 Å². The molecular weight excluding hydrogens is 370 g/mol. The zero-order valence-corrected chi connectivity index (χ0v) is 19.1. The molecular formula is C27H43NO2. The maximum atomic E-state index is 11.9. The molecule has 0 atom stereocenters. The van der Waals surface area contributed by atoms with Gasteiger partial charge in [-0.05, 0) is 64.2 Å². The van der Waals surface area contributed by atoms with Crippen molar-refractivity contribution in [2.45, 2.75) is 96.8 Å². The molecule has 0 bridgehead atoms. The number of rotatable bonds is 20. The maximum Gasteiger partial charge on any atom is 0.180 e. The molecule has 3 heteroatoms. The molecule has 0 saturated carbocycles. The first-order valence-corrected chi connectivity index (χ1v) is 12.0. The van der Waals surface area contributed by atoms with Gasteiger partial charge in [0.05, 0.1) is 0 Å². The minimum absolute atomic E-state index is 0.181. The van der Waals surface area contributed by atoms with Gasteiger partial charge in [0, 0.05) is 18.7 Å². The van der Waals surface area contributed by atoms with Gasteiger partial charge in [-0.2, -0.15) is 0 Å². The van der Waals surface area contributed by atoms with Crippen LogP contribution < -0.4 is 5.32 Å². The summed E-state index contributed by atoms with van der Waals surface area (Å²) >= 11 is 0. The molecule has 168 valence electrons. The lowest BCUT2D eigenvalue weighted by Crippen LogP contribution is -1.98. The summed E-state index contributed by atoms with van der Waals surface area (Å²) in [6.07, 6.45) is 32.7. The molecule has 0 aromatic heterocycles. The van der Waals surface area contributed by atoms with Gasteiger partial charge in [0.15, 0.2) is 5.78 Å². The molecule has 2 N–H and O–H groups in total. The van der Waals surface area contributed by atoms with Crippen LogP contribution in [-0.4, -0.2) is 17.5 Å². The molecule has 0 radical (unpaired) electrons. The number of hydrogen-bond acceptors (Lipinski definition) is 3. The predicted molar refractivity (Wildman–Crippen MR) is 129 cm³/mol. The second kappa shape index (κ2) is 19.1. The van der Waals surface area contributed by atoms with E-state index < -0.39 is 0 Å². The fraction of sp³-hybridized carbons (Fsp3) is 0.593. The largest absolute Gasteiger partial charge is 0.396 e. The SMILES string of the molecule is CCCCCC/C=C\C/C=C\C/C=C\CC/C=C\CCCC(=O)C1=C(CCCO)N1. The van der Waals surface area contributed by atoms with E-state index in [0.29, 0.717) is 6.42 Å². The highest BCUT2D eigenvalue weighted by molar-refractivity contribution is 5.99. The van der Waals surface area contributed by atoms with Gasteiger partial charge in [-0.1, -0.05) is 74.8 Å². The number of aliphatic hydroxyl groups excluding tert-OH is 1. The van der Waals surface area contributed by atoms with E-state index in [4.69, 9.17) is 5.11 Å². The number of hydrogen-bond donors (Lipinski definition) is 2. The average molecular weight is 414 g/mol. The Balaban J connectivity index is 1.90. The highest BCUT2D eigenvalue weighted by Crippen LogP contribution is 2.22. The monoisotopic (exact) mass is 413 g/mol. The molecule has 0 aromatic rings. The van der Waals surface area contributed by atoms with Gasteiger partial charge in [0.1, 0.15) is 5.70 Å². The summed E-state index contributed by atoms with van der Waals surface area (Å²) in [5.74, 6) is 0.217. The quantitative estimate of drug-likeness (QED) is 0.166. The molecule has 1 rings (SSSR count). The second-order valence-electron chi connectivity index (χ2n) is 7.90. The highest BCUT2D eigenvalue weighted by atomic mass is 16.2. The summed E-state index contributed by atoms with van der Waals surface area (Å²) < 4.78 is 0. The fourth-order valence-corrected chi connectivity index (χ4v) is 3.20. The van der Waals surface area contributed by atoms with Gasteiger partial charge in [0.25, 0.3) is 0 Å². The first-order valence-electron chi connectivity index (χ1n) is 12.0. The lowest BCUT2D eigenvalue weighted by Gasteiger charge is -1.93. The molecule has 0 fully saturated rings. The van der Waals surface area contributed by atoms with E-state index in [-0.39, 0.29) is 12.4 Å². The highest BCUT2D eigenvalue weighted by Gasteiger charge is 2.25. The van der Waals surface area contributed by atoms with Crippen molar-refractivity contribution in [2.75, 3.05) is 6.61 Å². The average Bonchev–Trinajstić information content (AvgIpc) is 3.53. The molecule has 0 unspecified atom stereocenters. The Morgan fingerprint density at radius 2 is 1.37 bits per heavy atom. The molecule has 0 spiro atoms. The number of carbonyl (C=O) groups is 1. The Hall–Kier alpha value is -1.87. The van der Waals surface area contributed by atoms with Crippen LogP contribution in [0, 0.1) is 0 Å². The minimum Gasteiger partial charge on any atom is -0.396 e. The summed E-state index contributed by atoms with van der Waals surface area (Å²) in [6.45, 7) is 2.43. The standard InChI is InChI=1S/C27H43NO2/c1-2-3-4-5-6-7-8-9-10-11-12-13-14-15-16-17-18-19-20-23-26(30)27-25(28-27)22-21-24-29/h7-8,10-11,13-14,17-18,28-29H,2-6,9,12,15-16,19-24H2,1H3/b8-7-,11-10-,14-13-,18-17-. The van der Waals surface area contributed by atoms with E-state index in [1.807, 2.05) is 0 Å². The number of Topliss-reactive ketones (excluding diaryl/α,β-unsaturated/α-hetero) is 1. The Morgan fingerprint density at radius 1 is 0.767 bits per heavy atom. The molecule has 1 aliphatic heterocycles. The molecule has 3 nitrogen and oxygen atoms in total. The number of allylic oxidation sites excluding steroid dienone is 10. The molecule has 0 amide bonds. The molecule has 0 saturated heterocycles. The van der Waals surface area contributed by atoms with Crippen molar-refractivity contribution in [2.24, 2.45) is 0 Å². The molecule has 1 heterocycles. The number of carbonyl (C=O) groups excluding carboxylic acids is 1. The first kappa shape index (κ1) is 26.2. The molecule has 0 aliphatic carbocycles. The molecule has 1 aliphatic rings. The minimum atomic E-state index is 0.181. The van der Waals surface area contributed by atoms with Crippen LogP contribution in [0.25, 0.3) is 0 Å². The Labute approximate surface area is 184 Å². The second-order valence-corrected chi connectivity index (χ2v) is 7.90. The van der Waals surface area contributed by atoms with Crippen LogP contribution in [0.15, 0.2) is 60.0 Å². The van der Waals surface area contributed by atoms with Gasteiger partial charge in [-0.15, -0.1) is 0 Å². The zero-order valence-electron chi connectivity index (χ0n) is 19.1. The Bertz CT molecular complexity index is 596. The van der Waals surface area contributed by atoms with E-state index in [1.165, 1.54) is 32.1 Å². The Kier molecular flexibility index (Phi) is 16.7. The van der Waals surface area contributed by atoms with E-state index >= 15 is 0 Å². The van der Waals surface area contributed by atoms with Gasteiger partial charge < -0.3 is 10.4 Å². The van der Waals surface area contributed by atoms with Crippen LogP contribution in [-0.2, 0) is 4.79 Å². The molecule has 30 heavy (non-hydrogen) atoms. The van der Waals surface area contributed by atoms with E-state index in [1.54, 1.807) is 0 Å². The third-order valence-electron chi connectivity index (χ3n) is 5.09. The van der Waals surface area contributed by atoms with E-state index in [0.717, 1.165) is 62.8 Å². The third-order valence-corrected chi connectivity index (χ3v) is 5.09. The number of aliphatic hydroxyl groups is 1. The molecule has 0 aromatic carbocycles. The normalized spacial score (nSPS) is 14.1. The van der Waals surface area contributed by atoms with Crippen LogP contribution in [0.1, 0.15) is 96.8 Å². The zero-order chi connectivity index (χ0) is 21.7. The van der Waals surface area contributed by atoms with Crippen molar-refractivity contribution >= 4 is 5.78 Å². The van der Waals surface area contributed by atoms with E-state index in [9.17, 15) is 4.79 Å². The fourth-order valence-electron chi connectivity index (χ4n) is 3.20. The van der Waals surface area contributed by atoms with Crippen molar-refractivity contribution in [1.29, 1.82) is 0 Å². The number of nitrogens with one attached hydrogen (secondary N) is 1. The third kappa shape index (κ3) is 15.0.